The van der Waals surface area contributed by atoms with Gasteiger partial charge in [-0.05, 0) is 77.0 Å². The lowest BCUT2D eigenvalue weighted by Crippen LogP contribution is -2.30. The van der Waals surface area contributed by atoms with E-state index in [9.17, 15) is 14.4 Å². The third kappa shape index (κ3) is 64.1. The van der Waals surface area contributed by atoms with Gasteiger partial charge in [-0.25, -0.2) is 0 Å². The Morgan fingerprint density at radius 1 is 0.260 bits per heavy atom. The molecule has 0 radical (unpaired) electrons. The number of rotatable bonds is 63. The van der Waals surface area contributed by atoms with Crippen molar-refractivity contribution in [2.24, 2.45) is 0 Å². The lowest BCUT2D eigenvalue weighted by Gasteiger charge is -2.18. The highest BCUT2D eigenvalue weighted by atomic mass is 16.6. The van der Waals surface area contributed by atoms with Crippen LogP contribution in [0.5, 0.6) is 0 Å². The highest BCUT2D eigenvalue weighted by Gasteiger charge is 2.19. The molecule has 6 nitrogen and oxygen atoms in total. The summed E-state index contributed by atoms with van der Waals surface area (Å²) in [6.45, 7) is 6.64. The number of carbonyl (C=O) groups excluding carboxylic acids is 3. The zero-order valence-electron chi connectivity index (χ0n) is 51.7. The van der Waals surface area contributed by atoms with E-state index in [-0.39, 0.29) is 31.1 Å². The molecule has 0 saturated carbocycles. The molecule has 0 aromatic heterocycles. The van der Waals surface area contributed by atoms with Crippen molar-refractivity contribution in [1.82, 2.24) is 0 Å². The van der Waals surface area contributed by atoms with Gasteiger partial charge in [-0.3, -0.25) is 14.4 Å². The van der Waals surface area contributed by atoms with E-state index >= 15 is 0 Å². The Morgan fingerprint density at radius 2 is 0.481 bits per heavy atom. The summed E-state index contributed by atoms with van der Waals surface area (Å²) in [5.74, 6) is -0.861. The summed E-state index contributed by atoms with van der Waals surface area (Å²) in [4.78, 5) is 38.3. The fourth-order valence-corrected chi connectivity index (χ4v) is 10.1. The second-order valence-corrected chi connectivity index (χ2v) is 23.1. The van der Waals surface area contributed by atoms with Gasteiger partial charge in [0.2, 0.25) is 0 Å². The van der Waals surface area contributed by atoms with Gasteiger partial charge in [-0.15, -0.1) is 0 Å². The van der Waals surface area contributed by atoms with Gasteiger partial charge in [0, 0.05) is 19.3 Å². The van der Waals surface area contributed by atoms with Crippen LogP contribution in [-0.2, 0) is 28.6 Å². The topological polar surface area (TPSA) is 78.9 Å². The van der Waals surface area contributed by atoms with Gasteiger partial charge < -0.3 is 14.2 Å². The molecule has 450 valence electrons. The van der Waals surface area contributed by atoms with E-state index in [1.807, 2.05) is 0 Å². The van der Waals surface area contributed by atoms with E-state index in [1.54, 1.807) is 0 Å². The zero-order valence-corrected chi connectivity index (χ0v) is 51.7. The van der Waals surface area contributed by atoms with Gasteiger partial charge >= 0.3 is 17.9 Å². The first-order chi connectivity index (χ1) is 38.0. The molecule has 0 amide bonds. The van der Waals surface area contributed by atoms with Crippen molar-refractivity contribution in [3.63, 3.8) is 0 Å². The molecule has 0 heterocycles. The molecule has 1 atom stereocenters. The second-order valence-electron chi connectivity index (χ2n) is 23.1. The molecule has 0 aliphatic rings. The van der Waals surface area contributed by atoms with Crippen LogP contribution in [0.1, 0.15) is 367 Å². The van der Waals surface area contributed by atoms with Crippen molar-refractivity contribution in [2.75, 3.05) is 13.2 Å². The van der Waals surface area contributed by atoms with Gasteiger partial charge in [0.25, 0.3) is 0 Å². The predicted octanol–water partition coefficient (Wildman–Crippen LogP) is 23.3. The largest absolute Gasteiger partial charge is 0.462 e. The molecule has 1 unspecified atom stereocenters. The van der Waals surface area contributed by atoms with Crippen LogP contribution in [0, 0.1) is 0 Å². The van der Waals surface area contributed by atoms with E-state index < -0.39 is 6.10 Å². The maximum Gasteiger partial charge on any atom is 0.306 e. The minimum absolute atomic E-state index is 0.0727. The summed E-state index contributed by atoms with van der Waals surface area (Å²) in [6.07, 6.45) is 82.8. The molecule has 6 heteroatoms. The van der Waals surface area contributed by atoms with Crippen molar-refractivity contribution in [1.29, 1.82) is 0 Å². The molecule has 0 aromatic carbocycles. The van der Waals surface area contributed by atoms with Crippen molar-refractivity contribution >= 4 is 17.9 Å². The lowest BCUT2D eigenvalue weighted by molar-refractivity contribution is -0.167. The molecule has 0 N–H and O–H groups in total. The molecule has 0 aliphatic carbocycles. The van der Waals surface area contributed by atoms with Crippen LogP contribution in [0.2, 0.25) is 0 Å². The molecule has 0 aliphatic heterocycles. The van der Waals surface area contributed by atoms with Gasteiger partial charge in [0.1, 0.15) is 13.2 Å². The third-order valence-electron chi connectivity index (χ3n) is 15.3. The fraction of sp³-hybridized carbons (Fsp3) is 0.845. The zero-order chi connectivity index (χ0) is 55.7. The summed E-state index contributed by atoms with van der Waals surface area (Å²) >= 11 is 0. The quantitative estimate of drug-likeness (QED) is 0.0261. The second kappa shape index (κ2) is 65.9. The van der Waals surface area contributed by atoms with Crippen LogP contribution in [0.3, 0.4) is 0 Å². The van der Waals surface area contributed by atoms with Crippen LogP contribution in [-0.4, -0.2) is 37.2 Å². The Kier molecular flexibility index (Phi) is 63.6. The first-order valence-electron chi connectivity index (χ1n) is 34.1. The first kappa shape index (κ1) is 74.4. The van der Waals surface area contributed by atoms with Gasteiger partial charge in [-0.1, -0.05) is 320 Å². The highest BCUT2D eigenvalue weighted by Crippen LogP contribution is 2.18. The maximum absolute atomic E-state index is 12.9. The summed E-state index contributed by atoms with van der Waals surface area (Å²) in [5, 5.41) is 0. The van der Waals surface area contributed by atoms with Crippen LogP contribution in [0.25, 0.3) is 0 Å². The number of unbranched alkanes of at least 4 members (excludes halogenated alkanes) is 44. The molecule has 0 bridgehead atoms. The van der Waals surface area contributed by atoms with Gasteiger partial charge in [0.05, 0.1) is 0 Å². The SMILES string of the molecule is CCCC/C=C\CCCCCCCC(=O)OCC(COC(=O)CCCCCCCCCCCCCC/C=C\C/C=C\C/C=C\CCCCCCC)OC(=O)CCCCCCCCCCCCCCCCCCCCCCC. The van der Waals surface area contributed by atoms with Crippen molar-refractivity contribution in [3.05, 3.63) is 48.6 Å². The third-order valence-corrected chi connectivity index (χ3v) is 15.3. The number of carbonyl (C=O) groups is 3. The minimum Gasteiger partial charge on any atom is -0.462 e. The summed E-state index contributed by atoms with van der Waals surface area (Å²) in [5.41, 5.74) is 0. The van der Waals surface area contributed by atoms with Crippen LogP contribution < -0.4 is 0 Å². The lowest BCUT2D eigenvalue weighted by atomic mass is 10.0. The van der Waals surface area contributed by atoms with E-state index in [0.29, 0.717) is 19.3 Å². The van der Waals surface area contributed by atoms with Crippen molar-refractivity contribution in [3.8, 4) is 0 Å². The molecule has 0 aromatic rings. The Bertz CT molecular complexity index is 1330. The Morgan fingerprint density at radius 3 is 0.779 bits per heavy atom. The van der Waals surface area contributed by atoms with Crippen LogP contribution in [0.15, 0.2) is 48.6 Å². The normalized spacial score (nSPS) is 12.3. The Hall–Kier alpha value is -2.63. The molecule has 0 fully saturated rings. The van der Waals surface area contributed by atoms with Gasteiger partial charge in [-0.2, -0.15) is 0 Å². The van der Waals surface area contributed by atoms with Gasteiger partial charge in [0.15, 0.2) is 6.10 Å². The monoisotopic (exact) mass is 1080 g/mol. The van der Waals surface area contributed by atoms with Crippen molar-refractivity contribution in [2.45, 2.75) is 374 Å². The minimum atomic E-state index is -0.775. The maximum atomic E-state index is 12.9. The van der Waals surface area contributed by atoms with E-state index in [1.165, 1.54) is 250 Å². The molecule has 0 saturated heterocycles. The summed E-state index contributed by atoms with van der Waals surface area (Å²) in [6, 6.07) is 0. The Balaban J connectivity index is 4.20. The molecule has 0 rings (SSSR count). The summed E-state index contributed by atoms with van der Waals surface area (Å²) < 4.78 is 16.9. The smallest absolute Gasteiger partial charge is 0.306 e. The number of hydrogen-bond donors (Lipinski definition) is 0. The Labute approximate surface area is 479 Å². The molecule has 0 spiro atoms. The molecular weight excluding hydrogens is 949 g/mol. The predicted molar refractivity (Wildman–Crippen MR) is 335 cm³/mol. The van der Waals surface area contributed by atoms with Crippen LogP contribution in [0.4, 0.5) is 0 Å². The summed E-state index contributed by atoms with van der Waals surface area (Å²) in [7, 11) is 0. The average Bonchev–Trinajstić information content (AvgIpc) is 3.43. The van der Waals surface area contributed by atoms with E-state index in [2.05, 4.69) is 69.4 Å². The molecular formula is C71H130O6. The van der Waals surface area contributed by atoms with E-state index in [0.717, 1.165) is 77.0 Å². The number of allylic oxidation sites excluding steroid dienone is 8. The fourth-order valence-electron chi connectivity index (χ4n) is 10.1. The van der Waals surface area contributed by atoms with Crippen LogP contribution >= 0.6 is 0 Å². The first-order valence-corrected chi connectivity index (χ1v) is 34.1. The van der Waals surface area contributed by atoms with Crippen molar-refractivity contribution < 1.29 is 28.6 Å². The number of hydrogen-bond acceptors (Lipinski definition) is 6. The highest BCUT2D eigenvalue weighted by molar-refractivity contribution is 5.71. The van der Waals surface area contributed by atoms with E-state index in [4.69, 9.17) is 14.2 Å². The number of ether oxygens (including phenoxy) is 3. The standard InChI is InChI=1S/C71H130O6/c1-4-7-10-13-16-19-22-24-26-28-30-32-33-34-35-36-37-39-40-42-44-46-49-52-55-58-61-64-70(73)76-67-68(66-75-69(72)63-60-57-54-51-48-21-18-15-12-9-6-3)77-71(74)65-62-59-56-53-50-47-45-43-41-38-31-29-27-25-23-20-17-14-11-8-5-2/h15,18,22,24,28,30,33-34,68H,4-14,16-17,19-21,23,25-27,29,31-32,35-67H2,1-3H3/b18-15-,24-22-,30-28-,34-33-. The molecule has 77 heavy (non-hydrogen) atoms. The number of esters is 3. The average molecular weight is 1080 g/mol.